The van der Waals surface area contributed by atoms with Crippen molar-refractivity contribution in [1.29, 1.82) is 0 Å². The molecule has 1 saturated heterocycles. The summed E-state index contributed by atoms with van der Waals surface area (Å²) in [7, 11) is 1.79. The van der Waals surface area contributed by atoms with Gasteiger partial charge in [-0.25, -0.2) is 4.79 Å². The molecule has 1 aliphatic heterocycles. The van der Waals surface area contributed by atoms with Gasteiger partial charge in [-0.2, -0.15) is 0 Å². The van der Waals surface area contributed by atoms with Crippen LogP contribution in [-0.2, 0) is 9.53 Å². The molecule has 0 aromatic heterocycles. The molecule has 0 bridgehead atoms. The fraction of sp³-hybridized carbons (Fsp3) is 0.857. The third-order valence-electron chi connectivity index (χ3n) is 3.75. The van der Waals surface area contributed by atoms with Crippen LogP contribution in [0.1, 0.15) is 32.6 Å². The molecule has 1 heterocycles. The maximum Gasteiger partial charge on any atom is 0.319 e. The summed E-state index contributed by atoms with van der Waals surface area (Å²) in [6.45, 7) is 5.21. The summed E-state index contributed by atoms with van der Waals surface area (Å²) < 4.78 is 5.25. The van der Waals surface area contributed by atoms with E-state index in [2.05, 4.69) is 0 Å². The number of likely N-dealkylation sites (tertiary alicyclic amines) is 1. The van der Waals surface area contributed by atoms with Crippen molar-refractivity contribution in [1.82, 2.24) is 9.80 Å². The average Bonchev–Trinajstić information content (AvgIpc) is 2.45. The second kappa shape index (κ2) is 8.79. The number of likely N-dealkylation sites (N-methyl/N-ethyl adjacent to an activating group) is 1. The van der Waals surface area contributed by atoms with Crippen LogP contribution in [0.5, 0.6) is 0 Å². The quantitative estimate of drug-likeness (QED) is 0.722. The second-order valence-corrected chi connectivity index (χ2v) is 5.26. The molecule has 0 aromatic carbocycles. The van der Waals surface area contributed by atoms with Gasteiger partial charge < -0.3 is 19.6 Å². The van der Waals surface area contributed by atoms with E-state index in [4.69, 9.17) is 9.84 Å². The van der Waals surface area contributed by atoms with Crippen LogP contribution < -0.4 is 0 Å². The molecule has 1 aliphatic rings. The molecule has 116 valence electrons. The number of nitrogens with zero attached hydrogens (tertiary/aromatic N) is 2. The zero-order chi connectivity index (χ0) is 15.0. The fourth-order valence-electron chi connectivity index (χ4n) is 2.42. The van der Waals surface area contributed by atoms with Crippen LogP contribution in [0, 0.1) is 5.92 Å². The van der Waals surface area contributed by atoms with Crippen LogP contribution in [-0.4, -0.2) is 66.8 Å². The van der Waals surface area contributed by atoms with Gasteiger partial charge in [-0.1, -0.05) is 0 Å². The predicted molar refractivity (Wildman–Crippen MR) is 75.7 cm³/mol. The highest BCUT2D eigenvalue weighted by molar-refractivity contribution is 5.74. The molecule has 6 nitrogen and oxygen atoms in total. The average molecular weight is 286 g/mol. The number of carboxylic acids is 1. The Morgan fingerprint density at radius 1 is 1.35 bits per heavy atom. The monoisotopic (exact) mass is 286 g/mol. The van der Waals surface area contributed by atoms with Gasteiger partial charge in [-0.3, -0.25) is 4.79 Å². The highest BCUT2D eigenvalue weighted by atomic mass is 16.5. The highest BCUT2D eigenvalue weighted by Gasteiger charge is 2.24. The van der Waals surface area contributed by atoms with Crippen LogP contribution >= 0.6 is 0 Å². The lowest BCUT2D eigenvalue weighted by molar-refractivity contribution is -0.137. The number of ether oxygens (including phenoxy) is 1. The maximum absolute atomic E-state index is 12.2. The summed E-state index contributed by atoms with van der Waals surface area (Å²) in [6, 6.07) is 0.0430. The molecule has 1 rings (SSSR count). The van der Waals surface area contributed by atoms with Gasteiger partial charge in [0.1, 0.15) is 0 Å². The molecule has 0 saturated carbocycles. The van der Waals surface area contributed by atoms with Gasteiger partial charge in [0.25, 0.3) is 0 Å². The molecule has 0 radical (unpaired) electrons. The standard InChI is InChI=1S/C14H26N2O4/c1-3-20-11-10-15(2)14(19)16-8-6-12(7-9-16)4-5-13(17)18/h12H,3-11H2,1-2H3,(H,17,18). The van der Waals surface area contributed by atoms with Crippen LogP contribution in [0.4, 0.5) is 4.79 Å². The van der Waals surface area contributed by atoms with Crippen LogP contribution in [0.25, 0.3) is 0 Å². The zero-order valence-corrected chi connectivity index (χ0v) is 12.5. The van der Waals surface area contributed by atoms with Crippen molar-refractivity contribution in [3.63, 3.8) is 0 Å². The van der Waals surface area contributed by atoms with E-state index in [0.717, 1.165) is 32.4 Å². The van der Waals surface area contributed by atoms with Gasteiger partial charge >= 0.3 is 12.0 Å². The number of hydrogen-bond acceptors (Lipinski definition) is 3. The van der Waals surface area contributed by atoms with Crippen LogP contribution in [0.15, 0.2) is 0 Å². The van der Waals surface area contributed by atoms with Crippen LogP contribution in [0.2, 0.25) is 0 Å². The van der Waals surface area contributed by atoms with Crippen molar-refractivity contribution in [2.24, 2.45) is 5.92 Å². The zero-order valence-electron chi connectivity index (χ0n) is 12.5. The molecule has 0 spiro atoms. The number of rotatable bonds is 7. The number of carbonyl (C=O) groups is 2. The van der Waals surface area contributed by atoms with Gasteiger partial charge in [0.15, 0.2) is 0 Å². The van der Waals surface area contributed by atoms with Gasteiger partial charge in [0, 0.05) is 39.7 Å². The Morgan fingerprint density at radius 3 is 2.55 bits per heavy atom. The molecule has 2 amide bonds. The summed E-state index contributed by atoms with van der Waals surface area (Å²) in [6.07, 6.45) is 2.75. The molecule has 20 heavy (non-hydrogen) atoms. The lowest BCUT2D eigenvalue weighted by Gasteiger charge is -2.34. The smallest absolute Gasteiger partial charge is 0.319 e. The number of urea groups is 1. The Hall–Kier alpha value is -1.30. The van der Waals surface area contributed by atoms with E-state index < -0.39 is 5.97 Å². The minimum Gasteiger partial charge on any atom is -0.481 e. The van der Waals surface area contributed by atoms with Gasteiger partial charge in [-0.05, 0) is 32.1 Å². The van der Waals surface area contributed by atoms with Gasteiger partial charge in [0.05, 0.1) is 6.61 Å². The Bertz CT molecular complexity index is 314. The van der Waals surface area contributed by atoms with E-state index in [1.807, 2.05) is 11.8 Å². The largest absolute Gasteiger partial charge is 0.481 e. The van der Waals surface area contributed by atoms with E-state index in [1.54, 1.807) is 11.9 Å². The van der Waals surface area contributed by atoms with Crippen molar-refractivity contribution < 1.29 is 19.4 Å². The number of carbonyl (C=O) groups excluding carboxylic acids is 1. The van der Waals surface area contributed by atoms with Crippen molar-refractivity contribution >= 4 is 12.0 Å². The molecule has 1 fully saturated rings. The maximum atomic E-state index is 12.2. The number of carboxylic acid groups (broad SMARTS) is 1. The molecular weight excluding hydrogens is 260 g/mol. The molecule has 6 heteroatoms. The minimum absolute atomic E-state index is 0.0430. The van der Waals surface area contributed by atoms with Gasteiger partial charge in [0.2, 0.25) is 0 Å². The molecular formula is C14H26N2O4. The molecule has 0 aromatic rings. The lowest BCUT2D eigenvalue weighted by atomic mass is 9.92. The first-order chi connectivity index (χ1) is 9.54. The van der Waals surface area contributed by atoms with Crippen molar-refractivity contribution in [2.75, 3.05) is 39.9 Å². The summed E-state index contributed by atoms with van der Waals surface area (Å²) >= 11 is 0. The fourth-order valence-corrected chi connectivity index (χ4v) is 2.42. The van der Waals surface area contributed by atoms with Crippen molar-refractivity contribution in [3.05, 3.63) is 0 Å². The first kappa shape index (κ1) is 16.8. The Kier molecular flexibility index (Phi) is 7.36. The normalized spacial score (nSPS) is 16.2. The number of aliphatic carboxylic acids is 1. The molecule has 0 atom stereocenters. The number of amides is 2. The first-order valence-corrected chi connectivity index (χ1v) is 7.34. The van der Waals surface area contributed by atoms with E-state index in [0.29, 0.717) is 25.7 Å². The Balaban J connectivity index is 2.26. The van der Waals surface area contributed by atoms with Crippen molar-refractivity contribution in [2.45, 2.75) is 32.6 Å². The third kappa shape index (κ3) is 5.77. The van der Waals surface area contributed by atoms with E-state index in [1.165, 1.54) is 0 Å². The van der Waals surface area contributed by atoms with E-state index in [9.17, 15) is 9.59 Å². The van der Waals surface area contributed by atoms with E-state index in [-0.39, 0.29) is 12.5 Å². The highest BCUT2D eigenvalue weighted by Crippen LogP contribution is 2.22. The number of piperidine rings is 1. The topological polar surface area (TPSA) is 70.1 Å². The summed E-state index contributed by atoms with van der Waals surface area (Å²) in [5.41, 5.74) is 0. The number of hydrogen-bond donors (Lipinski definition) is 1. The van der Waals surface area contributed by atoms with E-state index >= 15 is 0 Å². The summed E-state index contributed by atoms with van der Waals surface area (Å²) in [4.78, 5) is 26.3. The van der Waals surface area contributed by atoms with Crippen LogP contribution in [0.3, 0.4) is 0 Å². The Labute approximate surface area is 120 Å². The first-order valence-electron chi connectivity index (χ1n) is 7.34. The van der Waals surface area contributed by atoms with Crippen molar-refractivity contribution in [3.8, 4) is 0 Å². The molecule has 1 N–H and O–H groups in total. The summed E-state index contributed by atoms with van der Waals surface area (Å²) in [5.74, 6) is -0.303. The molecule has 0 aliphatic carbocycles. The minimum atomic E-state index is -0.737. The third-order valence-corrected chi connectivity index (χ3v) is 3.75. The summed E-state index contributed by atoms with van der Waals surface area (Å²) in [5, 5.41) is 8.68. The van der Waals surface area contributed by atoms with Gasteiger partial charge in [-0.15, -0.1) is 0 Å². The second-order valence-electron chi connectivity index (χ2n) is 5.26. The Morgan fingerprint density at radius 2 is 2.00 bits per heavy atom. The lowest BCUT2D eigenvalue weighted by Crippen LogP contribution is -2.46. The molecule has 0 unspecified atom stereocenters. The predicted octanol–water partition coefficient (Wildman–Crippen LogP) is 1.65. The SMILES string of the molecule is CCOCCN(C)C(=O)N1CCC(CCC(=O)O)CC1.